The molecule has 0 aliphatic carbocycles. The van der Waals surface area contributed by atoms with E-state index in [9.17, 15) is 0 Å². The minimum Gasteiger partial charge on any atom is -0.428 e. The van der Waals surface area contributed by atoms with Crippen molar-refractivity contribution in [2.45, 2.75) is 22.3 Å². The Kier molecular flexibility index (Phi) is 1.94. The lowest BCUT2D eigenvalue weighted by atomic mass is 10.2. The first-order valence-corrected chi connectivity index (χ1v) is 4.20. The molecule has 0 radical (unpaired) electrons. The number of rotatable bonds is 0. The highest BCUT2D eigenvalue weighted by molar-refractivity contribution is 7.66. The van der Waals surface area contributed by atoms with E-state index in [1.165, 1.54) is 22.5 Å². The third-order valence-corrected chi connectivity index (χ3v) is 3.46. The second kappa shape index (κ2) is 2.40. The molecule has 9 heavy (non-hydrogen) atoms. The molecule has 0 saturated heterocycles. The summed E-state index contributed by atoms with van der Waals surface area (Å²) in [6.07, 6.45) is 0. The molecule has 0 aliphatic heterocycles. The lowest BCUT2D eigenvalue weighted by molar-refractivity contribution is 1.29. The highest BCUT2D eigenvalue weighted by atomic mass is 32.2. The quantitative estimate of drug-likeness (QED) is 0.553. The van der Waals surface area contributed by atoms with E-state index in [4.69, 9.17) is 25.3 Å². The number of thiophene rings is 1. The van der Waals surface area contributed by atoms with Crippen molar-refractivity contribution in [3.8, 4) is 0 Å². The summed E-state index contributed by atoms with van der Waals surface area (Å²) >= 11 is 11.6. The maximum absolute atomic E-state index is 5.01. The first kappa shape index (κ1) is 7.25. The third-order valence-electron chi connectivity index (χ3n) is 1.36. The van der Waals surface area contributed by atoms with Crippen molar-refractivity contribution in [3.63, 3.8) is 0 Å². The molecule has 0 spiro atoms. The van der Waals surface area contributed by atoms with Gasteiger partial charge in [0, 0.05) is 0 Å². The fourth-order valence-electron chi connectivity index (χ4n) is 0.543. The topological polar surface area (TPSA) is 0 Å². The zero-order valence-corrected chi connectivity index (χ0v) is 7.67. The van der Waals surface area contributed by atoms with Crippen molar-refractivity contribution in [2.75, 3.05) is 0 Å². The van der Waals surface area contributed by atoms with Crippen LogP contribution in [0.3, 0.4) is 0 Å². The molecule has 0 nitrogen and oxygen atoms in total. The Bertz CT molecular complexity index is 202. The van der Waals surface area contributed by atoms with Crippen LogP contribution >= 0.6 is 11.3 Å². The van der Waals surface area contributed by atoms with E-state index in [0.717, 1.165) is 8.42 Å². The lowest BCUT2D eigenvalue weighted by Gasteiger charge is -1.96. The molecule has 0 unspecified atom stereocenters. The van der Waals surface area contributed by atoms with Crippen LogP contribution in [0.4, 0.5) is 0 Å². The molecular formula is C6H6S3-2. The molecule has 1 aromatic heterocycles. The smallest absolute Gasteiger partial charge is 0.0405 e. The fraction of sp³-hybridized carbons (Fsp3) is 0.333. The highest BCUT2D eigenvalue weighted by Crippen LogP contribution is 2.25. The summed E-state index contributed by atoms with van der Waals surface area (Å²) in [6, 6.07) is 0. The van der Waals surface area contributed by atoms with E-state index < -0.39 is 0 Å². The SMILES string of the molecule is Cc1c([S-])sc([S-])c1C. The van der Waals surface area contributed by atoms with Gasteiger partial charge in [-0.2, -0.15) is 0 Å². The Morgan fingerprint density at radius 3 is 1.44 bits per heavy atom. The molecule has 1 rings (SSSR count). The van der Waals surface area contributed by atoms with Gasteiger partial charge in [0.1, 0.15) is 0 Å². The van der Waals surface area contributed by atoms with Crippen LogP contribution in [-0.4, -0.2) is 0 Å². The number of hydrogen-bond donors (Lipinski definition) is 0. The van der Waals surface area contributed by atoms with E-state index >= 15 is 0 Å². The molecule has 0 aromatic carbocycles. The monoisotopic (exact) mass is 174 g/mol. The van der Waals surface area contributed by atoms with Gasteiger partial charge in [0.05, 0.1) is 0 Å². The van der Waals surface area contributed by atoms with E-state index in [0.29, 0.717) is 0 Å². The molecular weight excluding hydrogens is 168 g/mol. The van der Waals surface area contributed by atoms with Crippen LogP contribution in [0.2, 0.25) is 0 Å². The van der Waals surface area contributed by atoms with Gasteiger partial charge in [-0.25, -0.2) is 0 Å². The normalized spacial score (nSPS) is 10.0. The van der Waals surface area contributed by atoms with Crippen molar-refractivity contribution in [1.29, 1.82) is 0 Å². The minimum atomic E-state index is 0.942. The first-order valence-electron chi connectivity index (χ1n) is 2.57. The molecule has 0 fully saturated rings. The second-order valence-electron chi connectivity index (χ2n) is 1.93. The van der Waals surface area contributed by atoms with Crippen molar-refractivity contribution in [2.24, 2.45) is 0 Å². The van der Waals surface area contributed by atoms with Gasteiger partial charge in [-0.1, -0.05) is 11.1 Å². The van der Waals surface area contributed by atoms with Crippen molar-refractivity contribution in [3.05, 3.63) is 11.1 Å². The largest absolute Gasteiger partial charge is 0.428 e. The summed E-state index contributed by atoms with van der Waals surface area (Å²) in [6.45, 7) is 4.04. The van der Waals surface area contributed by atoms with Crippen LogP contribution in [0.25, 0.3) is 0 Å². The van der Waals surface area contributed by atoms with Crippen LogP contribution in [0, 0.1) is 13.8 Å². The molecule has 0 atom stereocenters. The van der Waals surface area contributed by atoms with Crippen molar-refractivity contribution >= 4 is 36.6 Å². The predicted molar refractivity (Wildman–Crippen MR) is 45.1 cm³/mol. The van der Waals surface area contributed by atoms with Crippen LogP contribution < -0.4 is 0 Å². The second-order valence-corrected chi connectivity index (χ2v) is 4.28. The third kappa shape index (κ3) is 1.18. The molecule has 1 heterocycles. The summed E-state index contributed by atoms with van der Waals surface area (Å²) in [4.78, 5) is 0. The molecule has 0 N–H and O–H groups in total. The van der Waals surface area contributed by atoms with E-state index in [1.54, 1.807) is 0 Å². The van der Waals surface area contributed by atoms with Crippen LogP contribution in [0.1, 0.15) is 11.1 Å². The summed E-state index contributed by atoms with van der Waals surface area (Å²) in [5.41, 5.74) is 2.36. The summed E-state index contributed by atoms with van der Waals surface area (Å²) in [7, 11) is 0. The van der Waals surface area contributed by atoms with Gasteiger partial charge < -0.3 is 36.6 Å². The Labute approximate surface area is 70.1 Å². The average molecular weight is 174 g/mol. The van der Waals surface area contributed by atoms with E-state index in [-0.39, 0.29) is 0 Å². The maximum Gasteiger partial charge on any atom is -0.0405 e. The van der Waals surface area contributed by atoms with Gasteiger partial charge in [-0.15, -0.1) is 8.42 Å². The molecule has 0 amide bonds. The minimum absolute atomic E-state index is 0.942. The lowest BCUT2D eigenvalue weighted by Crippen LogP contribution is -1.73. The highest BCUT2D eigenvalue weighted by Gasteiger charge is 1.92. The van der Waals surface area contributed by atoms with Crippen LogP contribution in [0.5, 0.6) is 0 Å². The van der Waals surface area contributed by atoms with Crippen LogP contribution in [-0.2, 0) is 25.3 Å². The predicted octanol–water partition coefficient (Wildman–Crippen LogP) is 2.18. The maximum atomic E-state index is 5.01. The zero-order chi connectivity index (χ0) is 7.02. The Morgan fingerprint density at radius 1 is 1.00 bits per heavy atom. The van der Waals surface area contributed by atoms with Crippen molar-refractivity contribution in [1.82, 2.24) is 0 Å². The van der Waals surface area contributed by atoms with E-state index in [2.05, 4.69) is 0 Å². The zero-order valence-electron chi connectivity index (χ0n) is 5.22. The van der Waals surface area contributed by atoms with Gasteiger partial charge >= 0.3 is 0 Å². The summed E-state index contributed by atoms with van der Waals surface area (Å²) in [5, 5.41) is 0. The molecule has 3 heteroatoms. The molecule has 50 valence electrons. The molecule has 1 aromatic rings. The van der Waals surface area contributed by atoms with Crippen molar-refractivity contribution < 1.29 is 0 Å². The first-order chi connectivity index (χ1) is 4.13. The van der Waals surface area contributed by atoms with Gasteiger partial charge in [0.15, 0.2) is 0 Å². The summed E-state index contributed by atoms with van der Waals surface area (Å²) < 4.78 is 1.88. The molecule has 0 bridgehead atoms. The Morgan fingerprint density at radius 2 is 1.33 bits per heavy atom. The van der Waals surface area contributed by atoms with E-state index in [1.807, 2.05) is 13.8 Å². The fourth-order valence-corrected chi connectivity index (χ4v) is 2.29. The summed E-state index contributed by atoms with van der Waals surface area (Å²) in [5.74, 6) is 0. The van der Waals surface area contributed by atoms with Gasteiger partial charge in [-0.3, -0.25) is 0 Å². The standard InChI is InChI=1S/C6H8S3/c1-3-4(2)6(8)9-5(3)7/h7-8H,1-2H3/p-2. The average Bonchev–Trinajstić information content (AvgIpc) is 1.98. The Hall–Kier alpha value is 0.140. The van der Waals surface area contributed by atoms with Gasteiger partial charge in [0.25, 0.3) is 0 Å². The molecule has 0 saturated carbocycles. The van der Waals surface area contributed by atoms with Crippen LogP contribution in [0.15, 0.2) is 8.42 Å². The van der Waals surface area contributed by atoms with Gasteiger partial charge in [-0.05, 0) is 13.8 Å². The Balaban J connectivity index is 3.29. The van der Waals surface area contributed by atoms with Gasteiger partial charge in [0.2, 0.25) is 0 Å². The number of hydrogen-bond acceptors (Lipinski definition) is 3. The molecule has 0 aliphatic rings.